The quantitative estimate of drug-likeness (QED) is 0.616. The lowest BCUT2D eigenvalue weighted by Gasteiger charge is -2.37. The lowest BCUT2D eigenvalue weighted by Crippen LogP contribution is -2.48. The molecule has 0 radical (unpaired) electrons. The Balaban J connectivity index is 1.49. The first kappa shape index (κ1) is 23.5. The molecule has 10 heteroatoms. The number of piperidine rings is 1. The Morgan fingerprint density at radius 2 is 1.64 bits per heavy atom. The van der Waals surface area contributed by atoms with Crippen molar-refractivity contribution in [1.82, 2.24) is 9.31 Å². The van der Waals surface area contributed by atoms with E-state index in [0.29, 0.717) is 55.3 Å². The molecule has 0 aromatic heterocycles. The van der Waals surface area contributed by atoms with Crippen LogP contribution in [0.4, 0.5) is 0 Å². The van der Waals surface area contributed by atoms with Crippen molar-refractivity contribution in [3.8, 4) is 11.5 Å². The molecule has 2 heterocycles. The molecule has 1 amide bonds. The first-order valence-electron chi connectivity index (χ1n) is 10.7. The fourth-order valence-electron chi connectivity index (χ4n) is 4.16. The zero-order chi connectivity index (χ0) is 23.6. The molecule has 0 spiro atoms. The zero-order valence-electron chi connectivity index (χ0n) is 18.5. The second-order valence-electron chi connectivity index (χ2n) is 7.94. The number of methoxy groups -OCH3 is 2. The molecule has 1 fully saturated rings. The van der Waals surface area contributed by atoms with E-state index in [1.54, 1.807) is 31.4 Å². The maximum absolute atomic E-state index is 12.9. The summed E-state index contributed by atoms with van der Waals surface area (Å²) in [5.41, 5.74) is 1.67. The highest BCUT2D eigenvalue weighted by molar-refractivity contribution is 7.89. The van der Waals surface area contributed by atoms with Gasteiger partial charge in [0.2, 0.25) is 15.9 Å². The molecule has 33 heavy (non-hydrogen) atoms. The molecule has 0 aliphatic carbocycles. The molecule has 0 saturated carbocycles. The lowest BCUT2D eigenvalue weighted by atomic mass is 10.0. The topological polar surface area (TPSA) is 88.5 Å². The lowest BCUT2D eigenvalue weighted by molar-refractivity contribution is -0.134. The van der Waals surface area contributed by atoms with Gasteiger partial charge in [0.1, 0.15) is 0 Å². The normalized spacial score (nSPS) is 18.2. The van der Waals surface area contributed by atoms with Crippen LogP contribution >= 0.6 is 11.6 Å². The van der Waals surface area contributed by atoms with Crippen molar-refractivity contribution < 1.29 is 22.7 Å². The van der Waals surface area contributed by atoms with Crippen LogP contribution in [-0.4, -0.2) is 62.7 Å². The molecule has 0 N–H and O–H groups in total. The Kier molecular flexibility index (Phi) is 6.92. The summed E-state index contributed by atoms with van der Waals surface area (Å²) < 4.78 is 38.0. The van der Waals surface area contributed by atoms with Crippen molar-refractivity contribution in [3.05, 3.63) is 53.1 Å². The summed E-state index contributed by atoms with van der Waals surface area (Å²) in [6.07, 6.45) is 1.92. The third-order valence-corrected chi connectivity index (χ3v) is 8.16. The van der Waals surface area contributed by atoms with Crippen LogP contribution in [-0.2, 0) is 14.8 Å². The van der Waals surface area contributed by atoms with Crippen LogP contribution in [0.3, 0.4) is 0 Å². The predicted octanol–water partition coefficient (Wildman–Crippen LogP) is 3.54. The van der Waals surface area contributed by atoms with E-state index in [1.165, 1.54) is 16.4 Å². The summed E-state index contributed by atoms with van der Waals surface area (Å²) in [6, 6.07) is 11.6. The smallest absolute Gasteiger partial charge is 0.243 e. The Hall–Kier alpha value is -2.62. The molecule has 0 unspecified atom stereocenters. The van der Waals surface area contributed by atoms with Gasteiger partial charge in [-0.3, -0.25) is 4.79 Å². The van der Waals surface area contributed by atoms with Crippen LogP contribution in [0.1, 0.15) is 31.2 Å². The van der Waals surface area contributed by atoms with Crippen molar-refractivity contribution >= 4 is 33.2 Å². The number of amides is 1. The third-order valence-electron chi connectivity index (χ3n) is 6.00. The van der Waals surface area contributed by atoms with Gasteiger partial charge in [0, 0.05) is 36.5 Å². The molecule has 2 aliphatic rings. The van der Waals surface area contributed by atoms with E-state index in [1.807, 2.05) is 18.2 Å². The van der Waals surface area contributed by atoms with Gasteiger partial charge >= 0.3 is 0 Å². The first-order valence-corrected chi connectivity index (χ1v) is 12.5. The van der Waals surface area contributed by atoms with Crippen LogP contribution in [0.5, 0.6) is 11.5 Å². The summed E-state index contributed by atoms with van der Waals surface area (Å²) >= 11 is 5.88. The largest absolute Gasteiger partial charge is 0.493 e. The molecular formula is C23H26ClN3O5S. The van der Waals surface area contributed by atoms with Gasteiger partial charge in [0.15, 0.2) is 11.5 Å². The number of sulfonamides is 1. The minimum absolute atomic E-state index is 0.0433. The average molecular weight is 492 g/mol. The standard InChI is InChI=1S/C23H26ClN3O5S/c1-31-21-9-3-16(15-22(21)32-2)20-8-10-23(28)27(25-20)18-11-13-26(14-12-18)33(29,30)19-6-4-17(24)5-7-19/h3-7,9,15,18H,8,10-14H2,1-2H3. The molecule has 2 aromatic rings. The Morgan fingerprint density at radius 3 is 2.27 bits per heavy atom. The molecule has 0 atom stereocenters. The van der Waals surface area contributed by atoms with Crippen molar-refractivity contribution in [2.75, 3.05) is 27.3 Å². The summed E-state index contributed by atoms with van der Waals surface area (Å²) in [4.78, 5) is 12.9. The zero-order valence-corrected chi connectivity index (χ0v) is 20.1. The number of carbonyl (C=O) groups is 1. The van der Waals surface area contributed by atoms with E-state index >= 15 is 0 Å². The Bertz CT molecular complexity index is 1160. The summed E-state index contributed by atoms with van der Waals surface area (Å²) in [7, 11) is -0.451. The van der Waals surface area contributed by atoms with Gasteiger partial charge in [-0.1, -0.05) is 11.6 Å². The van der Waals surface area contributed by atoms with Gasteiger partial charge in [-0.05, 0) is 55.3 Å². The van der Waals surface area contributed by atoms with Crippen molar-refractivity contribution in [3.63, 3.8) is 0 Å². The molecule has 8 nitrogen and oxygen atoms in total. The molecule has 4 rings (SSSR count). The first-order chi connectivity index (χ1) is 15.8. The Morgan fingerprint density at radius 1 is 0.970 bits per heavy atom. The monoisotopic (exact) mass is 491 g/mol. The van der Waals surface area contributed by atoms with Crippen molar-refractivity contribution in [2.45, 2.75) is 36.6 Å². The highest BCUT2D eigenvalue weighted by Gasteiger charge is 2.35. The number of nitrogens with zero attached hydrogens (tertiary/aromatic N) is 3. The summed E-state index contributed by atoms with van der Waals surface area (Å²) in [5, 5.41) is 6.69. The Labute approximate surface area is 198 Å². The fourth-order valence-corrected chi connectivity index (χ4v) is 5.76. The number of halogens is 1. The highest BCUT2D eigenvalue weighted by Crippen LogP contribution is 2.31. The van der Waals surface area contributed by atoms with Crippen LogP contribution < -0.4 is 9.47 Å². The average Bonchev–Trinajstić information content (AvgIpc) is 2.84. The van der Waals surface area contributed by atoms with E-state index in [2.05, 4.69) is 5.10 Å². The number of carbonyl (C=O) groups excluding carboxylic acids is 1. The van der Waals surface area contributed by atoms with Crippen LogP contribution in [0.15, 0.2) is 52.5 Å². The third kappa shape index (κ3) is 4.85. The molecule has 2 aliphatic heterocycles. The van der Waals surface area contributed by atoms with Crippen LogP contribution in [0.2, 0.25) is 5.02 Å². The minimum Gasteiger partial charge on any atom is -0.493 e. The van der Waals surface area contributed by atoms with Gasteiger partial charge in [0.05, 0.1) is 30.9 Å². The van der Waals surface area contributed by atoms with E-state index < -0.39 is 10.0 Å². The van der Waals surface area contributed by atoms with E-state index in [4.69, 9.17) is 21.1 Å². The number of rotatable bonds is 6. The number of hydrogen-bond donors (Lipinski definition) is 0. The molecule has 2 aromatic carbocycles. The number of ether oxygens (including phenoxy) is 2. The molecular weight excluding hydrogens is 466 g/mol. The fraction of sp³-hybridized carbons (Fsp3) is 0.391. The SMILES string of the molecule is COc1ccc(C2=NN(C3CCN(S(=O)(=O)c4ccc(Cl)cc4)CC3)C(=O)CC2)cc1OC. The highest BCUT2D eigenvalue weighted by atomic mass is 35.5. The van der Waals surface area contributed by atoms with Gasteiger partial charge in [-0.2, -0.15) is 9.41 Å². The molecule has 0 bridgehead atoms. The molecule has 1 saturated heterocycles. The van der Waals surface area contributed by atoms with E-state index in [0.717, 1.165) is 11.3 Å². The maximum atomic E-state index is 12.9. The number of hydrazone groups is 1. The molecule has 176 valence electrons. The van der Waals surface area contributed by atoms with Crippen molar-refractivity contribution in [2.24, 2.45) is 5.10 Å². The summed E-state index contributed by atoms with van der Waals surface area (Å²) in [6.45, 7) is 0.640. The van der Waals surface area contributed by atoms with Gasteiger partial charge in [0.25, 0.3) is 0 Å². The second kappa shape index (κ2) is 9.70. The minimum atomic E-state index is -3.60. The number of benzene rings is 2. The van der Waals surface area contributed by atoms with Gasteiger partial charge in [-0.15, -0.1) is 0 Å². The van der Waals surface area contributed by atoms with E-state index in [-0.39, 0.29) is 16.8 Å². The van der Waals surface area contributed by atoms with E-state index in [9.17, 15) is 13.2 Å². The van der Waals surface area contributed by atoms with Crippen LogP contribution in [0.25, 0.3) is 0 Å². The predicted molar refractivity (Wildman–Crippen MR) is 125 cm³/mol. The maximum Gasteiger partial charge on any atom is 0.243 e. The van der Waals surface area contributed by atoms with Crippen LogP contribution in [0, 0.1) is 0 Å². The van der Waals surface area contributed by atoms with Crippen molar-refractivity contribution in [1.29, 1.82) is 0 Å². The van der Waals surface area contributed by atoms with Gasteiger partial charge in [-0.25, -0.2) is 13.4 Å². The number of hydrogen-bond acceptors (Lipinski definition) is 6. The van der Waals surface area contributed by atoms with Gasteiger partial charge < -0.3 is 9.47 Å². The summed E-state index contributed by atoms with van der Waals surface area (Å²) in [5.74, 6) is 1.18. The second-order valence-corrected chi connectivity index (χ2v) is 10.3.